The number of nitrogens with two attached hydrogens (primary N) is 1. The maximum Gasteiger partial charge on any atom is 0.407 e. The lowest BCUT2D eigenvalue weighted by molar-refractivity contribution is 0.0458. The van der Waals surface area contributed by atoms with E-state index in [1.165, 1.54) is 4.90 Å². The van der Waals surface area contributed by atoms with Crippen LogP contribution in [0.1, 0.15) is 26.3 Å². The Labute approximate surface area is 160 Å². The van der Waals surface area contributed by atoms with E-state index in [0.29, 0.717) is 17.2 Å². The molecule has 6 heteroatoms. The first-order valence-electron chi connectivity index (χ1n) is 8.82. The molecule has 0 radical (unpaired) electrons. The molecule has 0 saturated heterocycles. The number of carboxylic acid groups (broad SMARTS) is 1. The summed E-state index contributed by atoms with van der Waals surface area (Å²) < 4.78 is 11.4. The molecule has 2 aromatic rings. The van der Waals surface area contributed by atoms with Crippen molar-refractivity contribution in [3.05, 3.63) is 54.1 Å². The van der Waals surface area contributed by atoms with E-state index in [1.807, 2.05) is 51.1 Å². The van der Waals surface area contributed by atoms with Gasteiger partial charge in [0.15, 0.2) is 0 Å². The highest BCUT2D eigenvalue weighted by Crippen LogP contribution is 2.28. The second kappa shape index (κ2) is 8.66. The Morgan fingerprint density at radius 1 is 1.15 bits per heavy atom. The number of methoxy groups -OCH3 is 1. The van der Waals surface area contributed by atoms with Crippen molar-refractivity contribution in [3.8, 4) is 11.5 Å². The quantitative estimate of drug-likeness (QED) is 0.710. The second-order valence-corrected chi connectivity index (χ2v) is 7.56. The number of carbonyl (C=O) groups is 1. The molecule has 3 N–H and O–H groups in total. The Bertz CT molecular complexity index is 771. The molecule has 146 valence electrons. The number of ether oxygens (including phenoxy) is 2. The molecule has 1 atom stereocenters. The van der Waals surface area contributed by atoms with Gasteiger partial charge in [0, 0.05) is 23.7 Å². The van der Waals surface area contributed by atoms with E-state index in [9.17, 15) is 9.90 Å². The van der Waals surface area contributed by atoms with E-state index in [0.717, 1.165) is 5.56 Å². The van der Waals surface area contributed by atoms with Crippen LogP contribution in [0, 0.1) is 5.41 Å². The molecule has 2 rings (SSSR count). The first-order chi connectivity index (χ1) is 12.7. The van der Waals surface area contributed by atoms with Crippen molar-refractivity contribution < 1.29 is 19.4 Å². The van der Waals surface area contributed by atoms with Gasteiger partial charge in [-0.15, -0.1) is 0 Å². The first kappa shape index (κ1) is 20.4. The van der Waals surface area contributed by atoms with Crippen LogP contribution in [-0.2, 0) is 6.54 Å². The van der Waals surface area contributed by atoms with Crippen LogP contribution in [0.15, 0.2) is 48.5 Å². The number of rotatable bonds is 7. The highest BCUT2D eigenvalue weighted by Gasteiger charge is 2.30. The zero-order valence-corrected chi connectivity index (χ0v) is 16.3. The summed E-state index contributed by atoms with van der Waals surface area (Å²) in [6.07, 6.45) is -1.34. The Hall–Kier alpha value is -2.89. The fourth-order valence-corrected chi connectivity index (χ4v) is 2.65. The fourth-order valence-electron chi connectivity index (χ4n) is 2.65. The minimum absolute atomic E-state index is 0.227. The van der Waals surface area contributed by atoms with Crippen LogP contribution in [-0.4, -0.2) is 35.9 Å². The van der Waals surface area contributed by atoms with Gasteiger partial charge >= 0.3 is 6.09 Å². The summed E-state index contributed by atoms with van der Waals surface area (Å²) in [5.74, 6) is 1.33. The molecule has 27 heavy (non-hydrogen) atoms. The van der Waals surface area contributed by atoms with Crippen molar-refractivity contribution in [3.63, 3.8) is 0 Å². The van der Waals surface area contributed by atoms with Crippen LogP contribution in [0.25, 0.3) is 0 Å². The average Bonchev–Trinajstić information content (AvgIpc) is 2.59. The van der Waals surface area contributed by atoms with Crippen molar-refractivity contribution >= 4 is 11.8 Å². The van der Waals surface area contributed by atoms with Gasteiger partial charge in [-0.3, -0.25) is 0 Å². The lowest BCUT2D eigenvalue weighted by atomic mass is 9.88. The number of anilines is 1. The van der Waals surface area contributed by atoms with Gasteiger partial charge in [0.1, 0.15) is 17.6 Å². The zero-order valence-electron chi connectivity index (χ0n) is 16.3. The number of hydrogen-bond acceptors (Lipinski definition) is 4. The first-order valence-corrected chi connectivity index (χ1v) is 8.82. The molecule has 1 amide bonds. The second-order valence-electron chi connectivity index (χ2n) is 7.56. The van der Waals surface area contributed by atoms with Crippen molar-refractivity contribution in [1.82, 2.24) is 4.90 Å². The van der Waals surface area contributed by atoms with Crippen LogP contribution >= 0.6 is 0 Å². The van der Waals surface area contributed by atoms with E-state index in [2.05, 4.69) is 0 Å². The average molecular weight is 372 g/mol. The van der Waals surface area contributed by atoms with Gasteiger partial charge in [-0.1, -0.05) is 39.0 Å². The smallest absolute Gasteiger partial charge is 0.407 e. The van der Waals surface area contributed by atoms with E-state index in [4.69, 9.17) is 15.2 Å². The molecule has 0 spiro atoms. The van der Waals surface area contributed by atoms with E-state index in [-0.39, 0.29) is 24.6 Å². The molecule has 0 aliphatic rings. The van der Waals surface area contributed by atoms with Crippen molar-refractivity contribution in [1.29, 1.82) is 0 Å². The van der Waals surface area contributed by atoms with Crippen molar-refractivity contribution in [2.24, 2.45) is 5.41 Å². The predicted octanol–water partition coefficient (Wildman–Crippen LogP) is 4.25. The standard InChI is InChI=1S/C21H28N2O4/c1-21(2,3)19(27-18-10-6-9-17(12-18)26-4)14-23(20(24)25)13-15-7-5-8-16(22)11-15/h5-12,19H,13-14,22H2,1-4H3,(H,24,25). The van der Waals surface area contributed by atoms with Gasteiger partial charge in [-0.25, -0.2) is 4.79 Å². The summed E-state index contributed by atoms with van der Waals surface area (Å²) in [5.41, 5.74) is 6.99. The summed E-state index contributed by atoms with van der Waals surface area (Å²) in [4.78, 5) is 13.2. The highest BCUT2D eigenvalue weighted by molar-refractivity contribution is 5.65. The summed E-state index contributed by atoms with van der Waals surface area (Å²) in [6, 6.07) is 14.5. The van der Waals surface area contributed by atoms with Crippen LogP contribution < -0.4 is 15.2 Å². The lowest BCUT2D eigenvalue weighted by Gasteiger charge is -2.34. The van der Waals surface area contributed by atoms with E-state index in [1.54, 1.807) is 25.3 Å². The minimum atomic E-state index is -0.999. The highest BCUT2D eigenvalue weighted by atomic mass is 16.5. The number of nitrogen functional groups attached to an aromatic ring is 1. The van der Waals surface area contributed by atoms with Crippen LogP contribution in [0.3, 0.4) is 0 Å². The molecule has 0 fully saturated rings. The Morgan fingerprint density at radius 3 is 2.41 bits per heavy atom. The summed E-state index contributed by atoms with van der Waals surface area (Å²) >= 11 is 0. The number of nitrogens with zero attached hydrogens (tertiary/aromatic N) is 1. The fraction of sp³-hybridized carbons (Fsp3) is 0.381. The molecule has 0 saturated carbocycles. The van der Waals surface area contributed by atoms with Crippen LogP contribution in [0.5, 0.6) is 11.5 Å². The molecule has 6 nitrogen and oxygen atoms in total. The number of benzene rings is 2. The lowest BCUT2D eigenvalue weighted by Crippen LogP contribution is -2.44. The zero-order chi connectivity index (χ0) is 20.0. The van der Waals surface area contributed by atoms with E-state index >= 15 is 0 Å². The summed E-state index contributed by atoms with van der Waals surface area (Å²) in [6.45, 7) is 6.55. The third-order valence-corrected chi connectivity index (χ3v) is 4.27. The third kappa shape index (κ3) is 6.09. The topological polar surface area (TPSA) is 85.0 Å². The molecule has 0 bridgehead atoms. The molecule has 0 aliphatic heterocycles. The van der Waals surface area contributed by atoms with Gasteiger partial charge in [0.25, 0.3) is 0 Å². The van der Waals surface area contributed by atoms with Crippen molar-refractivity contribution in [2.75, 3.05) is 19.4 Å². The molecule has 2 aromatic carbocycles. The largest absolute Gasteiger partial charge is 0.497 e. The maximum absolute atomic E-state index is 11.8. The third-order valence-electron chi connectivity index (χ3n) is 4.27. The summed E-state index contributed by atoms with van der Waals surface area (Å²) in [7, 11) is 1.60. The molecule has 1 unspecified atom stereocenters. The molecular weight excluding hydrogens is 344 g/mol. The van der Waals surface area contributed by atoms with E-state index < -0.39 is 6.09 Å². The molecular formula is C21H28N2O4. The Balaban J connectivity index is 2.19. The van der Waals surface area contributed by atoms with Gasteiger partial charge in [-0.05, 0) is 29.8 Å². The summed E-state index contributed by atoms with van der Waals surface area (Å²) in [5, 5.41) is 9.69. The minimum Gasteiger partial charge on any atom is -0.497 e. The number of hydrogen-bond donors (Lipinski definition) is 2. The molecule has 0 aromatic heterocycles. The van der Waals surface area contributed by atoms with Gasteiger partial charge < -0.3 is 25.2 Å². The SMILES string of the molecule is COc1cccc(OC(CN(Cc2cccc(N)c2)C(=O)O)C(C)(C)C)c1. The van der Waals surface area contributed by atoms with Gasteiger partial charge in [-0.2, -0.15) is 0 Å². The Kier molecular flexibility index (Phi) is 6.55. The monoisotopic (exact) mass is 372 g/mol. The van der Waals surface area contributed by atoms with Gasteiger partial charge in [0.05, 0.1) is 13.7 Å². The van der Waals surface area contributed by atoms with Crippen LogP contribution in [0.2, 0.25) is 0 Å². The normalized spacial score (nSPS) is 12.3. The maximum atomic E-state index is 11.8. The van der Waals surface area contributed by atoms with Crippen molar-refractivity contribution in [2.45, 2.75) is 33.4 Å². The van der Waals surface area contributed by atoms with Crippen LogP contribution in [0.4, 0.5) is 10.5 Å². The van der Waals surface area contributed by atoms with Gasteiger partial charge in [0.2, 0.25) is 0 Å². The predicted molar refractivity (Wildman–Crippen MR) is 106 cm³/mol. The Morgan fingerprint density at radius 2 is 1.81 bits per heavy atom. The molecule has 0 aliphatic carbocycles. The molecule has 0 heterocycles. The number of amides is 1.